The van der Waals surface area contributed by atoms with Gasteiger partial charge in [-0.25, -0.2) is 8.78 Å². The molecule has 0 bridgehead atoms. The average Bonchev–Trinajstić information content (AvgIpc) is 2.79. The molecule has 0 radical (unpaired) electrons. The maximum Gasteiger partial charge on any atom is 0.254 e. The fourth-order valence-corrected chi connectivity index (χ4v) is 2.96. The predicted molar refractivity (Wildman–Crippen MR) is 117 cm³/mol. The van der Waals surface area contributed by atoms with Crippen LogP contribution < -0.4 is 10.6 Å². The molecule has 0 atom stereocenters. The number of halogens is 2. The van der Waals surface area contributed by atoms with Crippen LogP contribution >= 0.6 is 0 Å². The van der Waals surface area contributed by atoms with Gasteiger partial charge in [0.15, 0.2) is 0 Å². The predicted octanol–water partition coefficient (Wildman–Crippen LogP) is 4.12. The van der Waals surface area contributed by atoms with Gasteiger partial charge in [-0.3, -0.25) is 9.59 Å². The fraction of sp³-hybridized carbons (Fsp3) is 0.200. The van der Waals surface area contributed by atoms with Crippen LogP contribution in [0.1, 0.15) is 33.5 Å². The smallest absolute Gasteiger partial charge is 0.254 e. The summed E-state index contributed by atoms with van der Waals surface area (Å²) in [5, 5.41) is 5.22. The van der Waals surface area contributed by atoms with E-state index in [0.29, 0.717) is 25.8 Å². The van der Waals surface area contributed by atoms with Crippen molar-refractivity contribution in [1.29, 1.82) is 0 Å². The zero-order valence-electron chi connectivity index (χ0n) is 17.4. The van der Waals surface area contributed by atoms with Gasteiger partial charge in [0, 0.05) is 25.6 Å². The van der Waals surface area contributed by atoms with Gasteiger partial charge in [0.25, 0.3) is 5.91 Å². The summed E-state index contributed by atoms with van der Waals surface area (Å²) in [6.07, 6.45) is 0.0416. The topological polar surface area (TPSA) is 67.4 Å². The molecule has 0 spiro atoms. The highest BCUT2D eigenvalue weighted by Gasteiger charge is 2.12. The summed E-state index contributed by atoms with van der Waals surface area (Å²) in [6.45, 7) is 1.43. The molecule has 2 N–H and O–H groups in total. The van der Waals surface area contributed by atoms with Crippen LogP contribution in [0.15, 0.2) is 72.8 Å². The van der Waals surface area contributed by atoms with E-state index in [1.54, 1.807) is 0 Å². The summed E-state index contributed by atoms with van der Waals surface area (Å²) in [5.41, 5.74) is 2.82. The molecule has 0 fully saturated rings. The summed E-state index contributed by atoms with van der Waals surface area (Å²) in [4.78, 5) is 23.9. The summed E-state index contributed by atoms with van der Waals surface area (Å²) in [5.74, 6) is -2.65. The first-order chi connectivity index (χ1) is 15.5. The molecule has 0 heterocycles. The fourth-order valence-electron chi connectivity index (χ4n) is 2.96. The number of hydrogen-bond acceptors (Lipinski definition) is 3. The highest BCUT2D eigenvalue weighted by molar-refractivity contribution is 5.94. The van der Waals surface area contributed by atoms with Crippen molar-refractivity contribution in [3.05, 3.63) is 107 Å². The number of rotatable bonds is 10. The molecule has 0 unspecified atom stereocenters. The van der Waals surface area contributed by atoms with E-state index < -0.39 is 17.5 Å². The van der Waals surface area contributed by atoms with Crippen molar-refractivity contribution in [2.24, 2.45) is 0 Å². The Hall–Kier alpha value is -3.58. The summed E-state index contributed by atoms with van der Waals surface area (Å²) in [6, 6.07) is 20.4. The van der Waals surface area contributed by atoms with Crippen molar-refractivity contribution in [1.82, 2.24) is 10.6 Å². The standard InChI is InChI=1S/C25H24F2N2O3/c26-21-10-11-22(23(27)14-21)25(31)28-13-12-24(30)29-15-18-6-8-20(9-7-18)17-32-16-19-4-2-1-3-5-19/h1-11,14H,12-13,15-17H2,(H,28,31)(H,29,30). The van der Waals surface area contributed by atoms with Gasteiger partial charge in [0.1, 0.15) is 11.6 Å². The zero-order chi connectivity index (χ0) is 22.8. The van der Waals surface area contributed by atoms with Crippen molar-refractivity contribution in [3.63, 3.8) is 0 Å². The van der Waals surface area contributed by atoms with Crippen LogP contribution in [0, 0.1) is 11.6 Å². The van der Waals surface area contributed by atoms with E-state index in [4.69, 9.17) is 4.74 Å². The lowest BCUT2D eigenvalue weighted by Crippen LogP contribution is -2.31. The minimum absolute atomic E-state index is 0.0408. The van der Waals surface area contributed by atoms with Gasteiger partial charge in [0.2, 0.25) is 5.91 Å². The van der Waals surface area contributed by atoms with Crippen molar-refractivity contribution in [2.75, 3.05) is 6.54 Å². The molecule has 0 saturated heterocycles. The quantitative estimate of drug-likeness (QED) is 0.501. The minimum atomic E-state index is -0.944. The Kier molecular flexibility index (Phi) is 8.45. The lowest BCUT2D eigenvalue weighted by atomic mass is 10.1. The Morgan fingerprint density at radius 2 is 1.44 bits per heavy atom. The first-order valence-electron chi connectivity index (χ1n) is 10.2. The second-order valence-corrected chi connectivity index (χ2v) is 7.20. The molecule has 0 aliphatic heterocycles. The van der Waals surface area contributed by atoms with Crippen LogP contribution in [0.25, 0.3) is 0 Å². The van der Waals surface area contributed by atoms with Crippen LogP contribution in [0.2, 0.25) is 0 Å². The molecule has 3 aromatic rings. The molecule has 3 rings (SSSR count). The van der Waals surface area contributed by atoms with Gasteiger partial charge in [-0.1, -0.05) is 54.6 Å². The van der Waals surface area contributed by atoms with Gasteiger partial charge >= 0.3 is 0 Å². The Morgan fingerprint density at radius 1 is 0.781 bits per heavy atom. The average molecular weight is 438 g/mol. The molecular formula is C25H24F2N2O3. The van der Waals surface area contributed by atoms with E-state index in [1.807, 2.05) is 54.6 Å². The zero-order valence-corrected chi connectivity index (χ0v) is 17.4. The highest BCUT2D eigenvalue weighted by atomic mass is 19.1. The number of carbonyl (C=O) groups excluding carboxylic acids is 2. The summed E-state index contributed by atoms with van der Waals surface area (Å²) >= 11 is 0. The van der Waals surface area contributed by atoms with E-state index in [2.05, 4.69) is 10.6 Å². The van der Waals surface area contributed by atoms with Crippen molar-refractivity contribution < 1.29 is 23.1 Å². The van der Waals surface area contributed by atoms with Crippen LogP contribution in [-0.2, 0) is 29.3 Å². The minimum Gasteiger partial charge on any atom is -0.372 e. The third-order valence-electron chi connectivity index (χ3n) is 4.71. The van der Waals surface area contributed by atoms with Crippen LogP contribution in [0.5, 0.6) is 0 Å². The van der Waals surface area contributed by atoms with E-state index in [0.717, 1.165) is 28.8 Å². The van der Waals surface area contributed by atoms with E-state index in [9.17, 15) is 18.4 Å². The third-order valence-corrected chi connectivity index (χ3v) is 4.71. The van der Waals surface area contributed by atoms with Crippen LogP contribution in [-0.4, -0.2) is 18.4 Å². The number of carbonyl (C=O) groups is 2. The molecule has 2 amide bonds. The third kappa shape index (κ3) is 7.28. The van der Waals surface area contributed by atoms with Gasteiger partial charge in [0.05, 0.1) is 18.8 Å². The van der Waals surface area contributed by atoms with Crippen molar-refractivity contribution >= 4 is 11.8 Å². The van der Waals surface area contributed by atoms with Gasteiger partial charge in [-0.15, -0.1) is 0 Å². The number of ether oxygens (including phenoxy) is 1. The molecule has 5 nitrogen and oxygen atoms in total. The summed E-state index contributed by atoms with van der Waals surface area (Å²) < 4.78 is 32.2. The monoisotopic (exact) mass is 438 g/mol. The van der Waals surface area contributed by atoms with E-state index in [-0.39, 0.29) is 24.4 Å². The lowest BCUT2D eigenvalue weighted by Gasteiger charge is -2.09. The first-order valence-corrected chi connectivity index (χ1v) is 10.2. The lowest BCUT2D eigenvalue weighted by molar-refractivity contribution is -0.121. The molecule has 3 aromatic carbocycles. The maximum atomic E-state index is 13.6. The van der Waals surface area contributed by atoms with Gasteiger partial charge < -0.3 is 15.4 Å². The number of amides is 2. The molecule has 0 aromatic heterocycles. The largest absolute Gasteiger partial charge is 0.372 e. The normalized spacial score (nSPS) is 10.6. The van der Waals surface area contributed by atoms with Gasteiger partial charge in [-0.05, 0) is 28.8 Å². The Balaban J connectivity index is 1.34. The second-order valence-electron chi connectivity index (χ2n) is 7.20. The molecule has 0 saturated carbocycles. The van der Waals surface area contributed by atoms with Crippen molar-refractivity contribution in [2.45, 2.75) is 26.2 Å². The van der Waals surface area contributed by atoms with Crippen LogP contribution in [0.3, 0.4) is 0 Å². The Labute approximate surface area is 185 Å². The van der Waals surface area contributed by atoms with E-state index >= 15 is 0 Å². The number of benzene rings is 3. The molecule has 166 valence electrons. The maximum absolute atomic E-state index is 13.6. The van der Waals surface area contributed by atoms with Crippen molar-refractivity contribution in [3.8, 4) is 0 Å². The number of hydrogen-bond donors (Lipinski definition) is 2. The Morgan fingerprint density at radius 3 is 2.12 bits per heavy atom. The first kappa shape index (κ1) is 23.1. The second kappa shape index (κ2) is 11.7. The molecule has 0 aliphatic rings. The van der Waals surface area contributed by atoms with E-state index in [1.165, 1.54) is 0 Å². The molecule has 32 heavy (non-hydrogen) atoms. The molecule has 7 heteroatoms. The summed E-state index contributed by atoms with van der Waals surface area (Å²) in [7, 11) is 0. The molecular weight excluding hydrogens is 414 g/mol. The highest BCUT2D eigenvalue weighted by Crippen LogP contribution is 2.10. The number of nitrogens with one attached hydrogen (secondary N) is 2. The molecule has 0 aliphatic carbocycles. The van der Waals surface area contributed by atoms with Gasteiger partial charge in [-0.2, -0.15) is 0 Å². The Bertz CT molecular complexity index is 1040. The van der Waals surface area contributed by atoms with Crippen LogP contribution in [0.4, 0.5) is 8.78 Å². The SMILES string of the molecule is O=C(CCNC(=O)c1ccc(F)cc1F)NCc1ccc(COCc2ccccc2)cc1.